The van der Waals surface area contributed by atoms with E-state index in [2.05, 4.69) is 10.1 Å². The molecular formula is C15H12FN5O4. The zero-order valence-electron chi connectivity index (χ0n) is 13.2. The number of carbonyl (C=O) groups excluding carboxylic acids is 1. The molecule has 0 fully saturated rings. The summed E-state index contributed by atoms with van der Waals surface area (Å²) in [7, 11) is 2.86. The second kappa shape index (κ2) is 6.15. The molecule has 3 aromatic rings. The number of esters is 1. The van der Waals surface area contributed by atoms with Crippen LogP contribution >= 0.6 is 0 Å². The van der Waals surface area contributed by atoms with Crippen LogP contribution in [0.5, 0.6) is 6.01 Å². The number of aromatic nitrogens is 5. The van der Waals surface area contributed by atoms with E-state index >= 15 is 0 Å². The van der Waals surface area contributed by atoms with Crippen molar-refractivity contribution in [3.8, 4) is 11.7 Å². The molecule has 0 atom stereocenters. The van der Waals surface area contributed by atoms with E-state index in [0.717, 1.165) is 16.8 Å². The fraction of sp³-hybridized carbons (Fsp3) is 0.133. The summed E-state index contributed by atoms with van der Waals surface area (Å²) in [4.78, 5) is 40.9. The number of halogens is 1. The molecule has 0 saturated carbocycles. The first-order valence-corrected chi connectivity index (χ1v) is 7.03. The van der Waals surface area contributed by atoms with Gasteiger partial charge in [0.2, 0.25) is 0 Å². The first-order chi connectivity index (χ1) is 11.9. The molecule has 0 radical (unpaired) electrons. The summed E-state index contributed by atoms with van der Waals surface area (Å²) >= 11 is 0. The van der Waals surface area contributed by atoms with Crippen molar-refractivity contribution >= 4 is 5.97 Å². The zero-order valence-corrected chi connectivity index (χ0v) is 13.2. The molecule has 0 spiro atoms. The van der Waals surface area contributed by atoms with Gasteiger partial charge in [-0.1, -0.05) is 6.07 Å². The minimum Gasteiger partial charge on any atom is -0.387 e. The Morgan fingerprint density at radius 3 is 2.64 bits per heavy atom. The van der Waals surface area contributed by atoms with Gasteiger partial charge in [-0.2, -0.15) is 10.1 Å². The summed E-state index contributed by atoms with van der Waals surface area (Å²) in [5.74, 6) is -1.64. The normalized spacial score (nSPS) is 10.7. The molecule has 0 N–H and O–H groups in total. The quantitative estimate of drug-likeness (QED) is 0.621. The Morgan fingerprint density at radius 1 is 1.24 bits per heavy atom. The molecule has 128 valence electrons. The molecule has 1 aromatic carbocycles. The maximum Gasteiger partial charge on any atom is 0.353 e. The first-order valence-electron chi connectivity index (χ1n) is 7.03. The minimum atomic E-state index is -1.01. The number of nitrogens with zero attached hydrogens (tertiary/aromatic N) is 5. The van der Waals surface area contributed by atoms with Crippen LogP contribution in [0.3, 0.4) is 0 Å². The van der Waals surface area contributed by atoms with Crippen LogP contribution in [0.4, 0.5) is 4.39 Å². The van der Waals surface area contributed by atoms with Gasteiger partial charge in [-0.05, 0) is 18.2 Å². The van der Waals surface area contributed by atoms with E-state index in [4.69, 9.17) is 4.74 Å². The molecule has 10 heteroatoms. The molecule has 0 saturated heterocycles. The largest absolute Gasteiger partial charge is 0.387 e. The van der Waals surface area contributed by atoms with E-state index in [9.17, 15) is 18.8 Å². The van der Waals surface area contributed by atoms with Crippen LogP contribution in [0, 0.1) is 5.82 Å². The van der Waals surface area contributed by atoms with Crippen LogP contribution in [0.15, 0.2) is 46.4 Å². The minimum absolute atomic E-state index is 0.00101. The first kappa shape index (κ1) is 16.3. The molecule has 25 heavy (non-hydrogen) atoms. The Balaban J connectivity index is 2.13. The number of hydrogen-bond donors (Lipinski definition) is 0. The molecule has 0 bridgehead atoms. The molecule has 0 aliphatic carbocycles. The van der Waals surface area contributed by atoms with E-state index in [-0.39, 0.29) is 11.7 Å². The highest BCUT2D eigenvalue weighted by atomic mass is 19.1. The molecular weight excluding hydrogens is 333 g/mol. The summed E-state index contributed by atoms with van der Waals surface area (Å²) in [6, 6.07) is 4.80. The zero-order chi connectivity index (χ0) is 18.1. The van der Waals surface area contributed by atoms with Gasteiger partial charge in [0, 0.05) is 20.3 Å². The van der Waals surface area contributed by atoms with Gasteiger partial charge in [0.05, 0.1) is 5.69 Å². The van der Waals surface area contributed by atoms with E-state index in [0.29, 0.717) is 4.57 Å². The Hall–Kier alpha value is -3.56. The highest BCUT2D eigenvalue weighted by Gasteiger charge is 2.21. The van der Waals surface area contributed by atoms with Crippen molar-refractivity contribution in [1.82, 2.24) is 23.9 Å². The van der Waals surface area contributed by atoms with Crippen LogP contribution in [-0.4, -0.2) is 29.9 Å². The topological polar surface area (TPSA) is 101 Å². The fourth-order valence-corrected chi connectivity index (χ4v) is 2.17. The van der Waals surface area contributed by atoms with Crippen LogP contribution < -0.4 is 16.0 Å². The van der Waals surface area contributed by atoms with Crippen LogP contribution in [-0.2, 0) is 14.1 Å². The number of carbonyl (C=O) groups is 1. The average molecular weight is 345 g/mol. The smallest absolute Gasteiger partial charge is 0.353 e. The summed E-state index contributed by atoms with van der Waals surface area (Å²) < 4.78 is 21.4. The van der Waals surface area contributed by atoms with E-state index in [1.54, 1.807) is 0 Å². The second-order valence-electron chi connectivity index (χ2n) is 5.11. The summed E-state index contributed by atoms with van der Waals surface area (Å²) in [6.45, 7) is 0. The summed E-state index contributed by atoms with van der Waals surface area (Å²) in [5.41, 5.74) is -2.07. The van der Waals surface area contributed by atoms with Gasteiger partial charge in [0.1, 0.15) is 17.7 Å². The molecule has 2 aromatic heterocycles. The summed E-state index contributed by atoms with van der Waals surface area (Å²) in [5, 5.41) is 3.74. The van der Waals surface area contributed by atoms with Crippen molar-refractivity contribution in [2.24, 2.45) is 14.1 Å². The van der Waals surface area contributed by atoms with Crippen LogP contribution in [0.2, 0.25) is 0 Å². The molecule has 0 aliphatic rings. The SMILES string of the molecule is Cn1ncnc1OC(=O)c1cn(C)c(=O)n(-c2cccc(F)c2)c1=O. The number of benzene rings is 1. The third-order valence-corrected chi connectivity index (χ3v) is 3.39. The lowest BCUT2D eigenvalue weighted by molar-refractivity contribution is 0.0708. The third-order valence-electron chi connectivity index (χ3n) is 3.39. The predicted octanol–water partition coefficient (Wildman–Crippen LogP) is 0.0230. The molecule has 9 nitrogen and oxygen atoms in total. The van der Waals surface area contributed by atoms with E-state index < -0.39 is 28.6 Å². The lowest BCUT2D eigenvalue weighted by Gasteiger charge is -2.10. The van der Waals surface area contributed by atoms with Gasteiger partial charge >= 0.3 is 17.7 Å². The maximum atomic E-state index is 13.4. The van der Waals surface area contributed by atoms with Gasteiger partial charge in [-0.25, -0.2) is 23.2 Å². The molecule has 3 rings (SSSR count). The van der Waals surface area contributed by atoms with Crippen molar-refractivity contribution in [1.29, 1.82) is 0 Å². The van der Waals surface area contributed by atoms with E-state index in [1.807, 2.05) is 0 Å². The standard InChI is InChI=1S/C15H12FN5O4/c1-19-7-11(13(23)25-14-17-8-18-20(14)2)12(22)21(15(19)24)10-5-3-4-9(16)6-10/h3-8H,1-2H3. The van der Waals surface area contributed by atoms with Gasteiger partial charge in [0.15, 0.2) is 0 Å². The highest BCUT2D eigenvalue weighted by molar-refractivity contribution is 5.90. The van der Waals surface area contributed by atoms with Crippen molar-refractivity contribution in [2.45, 2.75) is 0 Å². The Bertz CT molecular complexity index is 1080. The number of aryl methyl sites for hydroxylation is 2. The lowest BCUT2D eigenvalue weighted by Crippen LogP contribution is -2.41. The van der Waals surface area contributed by atoms with Gasteiger partial charge in [-0.3, -0.25) is 4.79 Å². The Morgan fingerprint density at radius 2 is 2.00 bits per heavy atom. The predicted molar refractivity (Wildman–Crippen MR) is 83.2 cm³/mol. The molecule has 0 aliphatic heterocycles. The lowest BCUT2D eigenvalue weighted by atomic mass is 10.3. The van der Waals surface area contributed by atoms with Crippen molar-refractivity contribution in [2.75, 3.05) is 0 Å². The fourth-order valence-electron chi connectivity index (χ4n) is 2.17. The molecule has 0 unspecified atom stereocenters. The monoisotopic (exact) mass is 345 g/mol. The maximum absolute atomic E-state index is 13.4. The molecule has 2 heterocycles. The molecule has 0 amide bonds. The van der Waals surface area contributed by atoms with Crippen LogP contribution in [0.1, 0.15) is 10.4 Å². The Labute approximate surface area is 139 Å². The Kier molecular flexibility index (Phi) is 4.01. The number of hydrogen-bond acceptors (Lipinski definition) is 6. The van der Waals surface area contributed by atoms with Crippen molar-refractivity contribution in [3.63, 3.8) is 0 Å². The van der Waals surface area contributed by atoms with Crippen LogP contribution in [0.25, 0.3) is 5.69 Å². The number of ether oxygens (including phenoxy) is 1. The van der Waals surface area contributed by atoms with Crippen molar-refractivity contribution in [3.05, 3.63) is 69.0 Å². The van der Waals surface area contributed by atoms with Gasteiger partial charge in [-0.15, -0.1) is 0 Å². The summed E-state index contributed by atoms with van der Waals surface area (Å²) in [6.07, 6.45) is 2.23. The highest BCUT2D eigenvalue weighted by Crippen LogP contribution is 2.08. The third kappa shape index (κ3) is 2.96. The van der Waals surface area contributed by atoms with Crippen molar-refractivity contribution < 1.29 is 13.9 Å². The number of rotatable bonds is 3. The average Bonchev–Trinajstić information content (AvgIpc) is 2.96. The van der Waals surface area contributed by atoms with Gasteiger partial charge in [0.25, 0.3) is 5.56 Å². The van der Waals surface area contributed by atoms with Gasteiger partial charge < -0.3 is 9.30 Å². The second-order valence-corrected chi connectivity index (χ2v) is 5.11. The van der Waals surface area contributed by atoms with E-state index in [1.165, 1.54) is 43.3 Å².